The minimum atomic E-state index is -3.29. The van der Waals surface area contributed by atoms with Crippen molar-refractivity contribution in [3.63, 3.8) is 0 Å². The van der Waals surface area contributed by atoms with E-state index in [1.54, 1.807) is 29.2 Å². The first-order valence-electron chi connectivity index (χ1n) is 9.09. The number of sulfone groups is 1. The predicted octanol–water partition coefficient (Wildman–Crippen LogP) is 4.52. The van der Waals surface area contributed by atoms with Gasteiger partial charge < -0.3 is 9.64 Å². The van der Waals surface area contributed by atoms with Crippen molar-refractivity contribution in [3.8, 4) is 5.75 Å². The molecule has 5 nitrogen and oxygen atoms in total. The van der Waals surface area contributed by atoms with Crippen LogP contribution in [0.4, 0.5) is 5.69 Å². The van der Waals surface area contributed by atoms with E-state index in [0.717, 1.165) is 23.1 Å². The summed E-state index contributed by atoms with van der Waals surface area (Å²) in [7, 11) is -3.29. The lowest BCUT2D eigenvalue weighted by atomic mass is 10.1. The molecule has 0 saturated heterocycles. The summed E-state index contributed by atoms with van der Waals surface area (Å²) >= 11 is 6.03. The van der Waals surface area contributed by atoms with Crippen LogP contribution in [0.15, 0.2) is 65.1 Å². The third-order valence-electron chi connectivity index (χ3n) is 4.44. The number of amides is 1. The highest BCUT2D eigenvalue weighted by Crippen LogP contribution is 2.29. The Morgan fingerprint density at radius 2 is 1.86 bits per heavy atom. The van der Waals surface area contributed by atoms with Gasteiger partial charge in [-0.2, -0.15) is 0 Å². The zero-order valence-corrected chi connectivity index (χ0v) is 18.0. The number of hydrogen-bond donors (Lipinski definition) is 0. The lowest BCUT2D eigenvalue weighted by Crippen LogP contribution is -2.35. The summed E-state index contributed by atoms with van der Waals surface area (Å²) in [6.07, 6.45) is 6.32. The Bertz CT molecular complexity index is 1090. The van der Waals surface area contributed by atoms with Gasteiger partial charge in [0.05, 0.1) is 4.90 Å². The van der Waals surface area contributed by atoms with Crippen LogP contribution < -0.4 is 9.64 Å². The van der Waals surface area contributed by atoms with E-state index in [1.165, 1.54) is 18.2 Å². The third kappa shape index (κ3) is 5.08. The maximum atomic E-state index is 12.8. The van der Waals surface area contributed by atoms with Gasteiger partial charge in [0.15, 0.2) is 9.84 Å². The van der Waals surface area contributed by atoms with Gasteiger partial charge in [0.2, 0.25) is 0 Å². The number of fused-ring (bicyclic) bond motifs is 1. The summed E-state index contributed by atoms with van der Waals surface area (Å²) in [5.74, 6) is 0.553. The van der Waals surface area contributed by atoms with E-state index in [1.807, 2.05) is 32.1 Å². The van der Waals surface area contributed by atoms with Crippen LogP contribution >= 0.6 is 11.6 Å². The second kappa shape index (κ2) is 8.43. The van der Waals surface area contributed by atoms with Crippen LogP contribution in [0.2, 0.25) is 5.02 Å². The van der Waals surface area contributed by atoms with Crippen LogP contribution in [0.3, 0.4) is 0 Å². The number of hydrogen-bond acceptors (Lipinski definition) is 4. The summed E-state index contributed by atoms with van der Waals surface area (Å²) in [4.78, 5) is 14.7. The van der Waals surface area contributed by atoms with Crippen LogP contribution in [0.1, 0.15) is 19.4 Å². The molecule has 1 heterocycles. The summed E-state index contributed by atoms with van der Waals surface area (Å²) in [6.45, 7) is 4.16. The smallest absolute Gasteiger partial charge is 0.251 e. The highest BCUT2D eigenvalue weighted by molar-refractivity contribution is 7.90. The number of nitrogens with zero attached hydrogens (tertiary/aromatic N) is 1. The number of carbonyl (C=O) groups is 1. The topological polar surface area (TPSA) is 63.7 Å². The van der Waals surface area contributed by atoms with E-state index in [2.05, 4.69) is 0 Å². The van der Waals surface area contributed by atoms with Gasteiger partial charge >= 0.3 is 0 Å². The van der Waals surface area contributed by atoms with Crippen molar-refractivity contribution in [2.24, 2.45) is 0 Å². The Morgan fingerprint density at radius 1 is 1.17 bits per heavy atom. The van der Waals surface area contributed by atoms with Gasteiger partial charge in [0, 0.05) is 34.6 Å². The maximum Gasteiger partial charge on any atom is 0.251 e. The number of carbonyl (C=O) groups excluding carboxylic acids is 1. The van der Waals surface area contributed by atoms with Gasteiger partial charge in [-0.1, -0.05) is 17.7 Å². The molecule has 152 valence electrons. The highest BCUT2D eigenvalue weighted by atomic mass is 35.5. The molecule has 0 bridgehead atoms. The van der Waals surface area contributed by atoms with Crippen molar-refractivity contribution in [1.82, 2.24) is 0 Å². The summed E-state index contributed by atoms with van der Waals surface area (Å²) < 4.78 is 29.0. The molecule has 0 spiro atoms. The minimum Gasteiger partial charge on any atom is -0.488 e. The Hall–Kier alpha value is -2.57. The fourth-order valence-corrected chi connectivity index (χ4v) is 3.87. The first kappa shape index (κ1) is 21.1. The number of ether oxygens (including phenoxy) is 1. The lowest BCUT2D eigenvalue weighted by Gasteiger charge is -2.26. The number of benzene rings is 2. The highest BCUT2D eigenvalue weighted by Gasteiger charge is 2.18. The van der Waals surface area contributed by atoms with Crippen molar-refractivity contribution in [2.45, 2.75) is 24.8 Å². The molecule has 0 saturated carbocycles. The number of anilines is 1. The van der Waals surface area contributed by atoms with Crippen LogP contribution in [0, 0.1) is 0 Å². The van der Waals surface area contributed by atoms with E-state index >= 15 is 0 Å². The van der Waals surface area contributed by atoms with Gasteiger partial charge in [0.25, 0.3) is 5.91 Å². The first-order valence-corrected chi connectivity index (χ1v) is 11.4. The van der Waals surface area contributed by atoms with E-state index in [4.69, 9.17) is 16.3 Å². The molecule has 0 radical (unpaired) electrons. The van der Waals surface area contributed by atoms with Crippen LogP contribution in [0.5, 0.6) is 5.75 Å². The van der Waals surface area contributed by atoms with Gasteiger partial charge in [-0.15, -0.1) is 0 Å². The molecule has 1 aliphatic rings. The van der Waals surface area contributed by atoms with Crippen LogP contribution in [-0.4, -0.2) is 33.2 Å². The Balaban J connectivity index is 1.82. The molecule has 0 aliphatic carbocycles. The number of halogens is 1. The molecule has 0 aromatic heterocycles. The van der Waals surface area contributed by atoms with Crippen LogP contribution in [-0.2, 0) is 14.6 Å². The molecule has 1 amide bonds. The van der Waals surface area contributed by atoms with E-state index in [0.29, 0.717) is 17.3 Å². The molecule has 0 fully saturated rings. The molecule has 0 unspecified atom stereocenters. The number of rotatable bonds is 5. The Morgan fingerprint density at radius 3 is 2.48 bits per heavy atom. The molecule has 2 aromatic carbocycles. The average Bonchev–Trinajstić information content (AvgIpc) is 2.65. The van der Waals surface area contributed by atoms with E-state index < -0.39 is 9.84 Å². The van der Waals surface area contributed by atoms with Crippen molar-refractivity contribution < 1.29 is 17.9 Å². The second-order valence-electron chi connectivity index (χ2n) is 7.09. The Kier molecular flexibility index (Phi) is 6.15. The molecule has 1 aliphatic heterocycles. The summed E-state index contributed by atoms with van der Waals surface area (Å²) in [5.41, 5.74) is 2.35. The second-order valence-corrected chi connectivity index (χ2v) is 9.54. The molecule has 29 heavy (non-hydrogen) atoms. The summed E-state index contributed by atoms with van der Waals surface area (Å²) in [6, 6.07) is 11.6. The monoisotopic (exact) mass is 431 g/mol. The molecular weight excluding hydrogens is 410 g/mol. The molecule has 0 N–H and O–H groups in total. The SMILES string of the molecule is CC(C)N(C(=O)/C=C/C1=Cc2cc(Cl)ccc2OC1)c1ccc(S(C)(=O)=O)cc1. The van der Waals surface area contributed by atoms with Gasteiger partial charge in [-0.25, -0.2) is 8.42 Å². The maximum absolute atomic E-state index is 12.8. The standard InChI is InChI=1S/C22H22ClNO4S/c1-15(2)24(19-6-8-20(9-7-19)29(3,26)27)22(25)11-4-16-12-17-13-18(23)5-10-21(17)28-14-16/h4-13,15H,14H2,1-3H3/b11-4+. The lowest BCUT2D eigenvalue weighted by molar-refractivity contribution is -0.114. The zero-order valence-electron chi connectivity index (χ0n) is 16.4. The van der Waals surface area contributed by atoms with E-state index in [9.17, 15) is 13.2 Å². The summed E-state index contributed by atoms with van der Waals surface area (Å²) in [5, 5.41) is 0.619. The molecule has 3 rings (SSSR count). The average molecular weight is 432 g/mol. The van der Waals surface area contributed by atoms with Crippen LogP contribution in [0.25, 0.3) is 6.08 Å². The predicted molar refractivity (Wildman–Crippen MR) is 116 cm³/mol. The largest absolute Gasteiger partial charge is 0.488 e. The van der Waals surface area contributed by atoms with Crippen molar-refractivity contribution >= 4 is 39.1 Å². The zero-order chi connectivity index (χ0) is 21.2. The van der Waals surface area contributed by atoms with E-state index in [-0.39, 0.29) is 16.8 Å². The fraction of sp³-hybridized carbons (Fsp3) is 0.227. The van der Waals surface area contributed by atoms with Gasteiger partial charge in [0.1, 0.15) is 12.4 Å². The molecule has 2 aromatic rings. The molecule has 0 atom stereocenters. The van der Waals surface area contributed by atoms with Crippen molar-refractivity contribution in [3.05, 3.63) is 70.8 Å². The third-order valence-corrected chi connectivity index (χ3v) is 5.81. The van der Waals surface area contributed by atoms with Gasteiger partial charge in [-0.3, -0.25) is 4.79 Å². The van der Waals surface area contributed by atoms with Crippen molar-refractivity contribution in [2.75, 3.05) is 17.8 Å². The normalized spacial score (nSPS) is 13.8. The minimum absolute atomic E-state index is 0.104. The molecular formula is C22H22ClNO4S. The quantitative estimate of drug-likeness (QED) is 0.653. The Labute approximate surface area is 176 Å². The molecule has 7 heteroatoms. The first-order chi connectivity index (χ1) is 13.6. The fourth-order valence-electron chi connectivity index (χ4n) is 3.05. The van der Waals surface area contributed by atoms with Gasteiger partial charge in [-0.05, 0) is 68.0 Å². The van der Waals surface area contributed by atoms with Crippen molar-refractivity contribution in [1.29, 1.82) is 0 Å².